The van der Waals surface area contributed by atoms with E-state index in [2.05, 4.69) is 16.8 Å². The molecular formula is C12H15NO. The topological polar surface area (TPSA) is 33.1 Å². The molecule has 14 heavy (non-hydrogen) atoms. The van der Waals surface area contributed by atoms with Gasteiger partial charge in [-0.1, -0.05) is 18.8 Å². The van der Waals surface area contributed by atoms with Crippen molar-refractivity contribution >= 4 is 0 Å². The highest BCUT2D eigenvalue weighted by molar-refractivity contribution is 5.35. The highest BCUT2D eigenvalue weighted by Gasteiger charge is 2.11. The molecule has 1 aromatic rings. The average molecular weight is 189 g/mol. The van der Waals surface area contributed by atoms with E-state index in [4.69, 9.17) is 0 Å². The first kappa shape index (κ1) is 10.7. The molecule has 0 saturated heterocycles. The van der Waals surface area contributed by atoms with Gasteiger partial charge in [0.15, 0.2) is 0 Å². The van der Waals surface area contributed by atoms with Gasteiger partial charge in [0.2, 0.25) is 0 Å². The Morgan fingerprint density at radius 3 is 2.86 bits per heavy atom. The molecule has 2 nitrogen and oxygen atoms in total. The van der Waals surface area contributed by atoms with Gasteiger partial charge in [0.25, 0.3) is 0 Å². The van der Waals surface area contributed by atoms with E-state index in [-0.39, 0.29) is 0 Å². The lowest BCUT2D eigenvalue weighted by molar-refractivity contribution is 0.118. The first-order valence-electron chi connectivity index (χ1n) is 4.72. The maximum absolute atomic E-state index is 9.66. The summed E-state index contributed by atoms with van der Waals surface area (Å²) in [5, 5.41) is 9.66. The minimum Gasteiger partial charge on any atom is -0.378 e. The molecule has 0 radical (unpaired) electrons. The zero-order valence-corrected chi connectivity index (χ0v) is 8.83. The van der Waals surface area contributed by atoms with Crippen LogP contribution in [-0.4, -0.2) is 15.7 Å². The number of aromatic nitrogens is 1. The van der Waals surface area contributed by atoms with Crippen LogP contribution in [0.5, 0.6) is 0 Å². The Hall–Kier alpha value is -1.33. The third kappa shape index (κ3) is 3.20. The predicted molar refractivity (Wildman–Crippen MR) is 56.8 cm³/mol. The van der Waals surface area contributed by atoms with Crippen molar-refractivity contribution in [2.45, 2.75) is 32.8 Å². The molecule has 1 aromatic heterocycles. The molecular weight excluding hydrogens is 174 g/mol. The number of pyridine rings is 1. The van der Waals surface area contributed by atoms with Crippen molar-refractivity contribution in [2.24, 2.45) is 0 Å². The Morgan fingerprint density at radius 2 is 2.29 bits per heavy atom. The summed E-state index contributed by atoms with van der Waals surface area (Å²) < 4.78 is 0. The molecule has 0 spiro atoms. The molecule has 1 rings (SSSR count). The first-order valence-corrected chi connectivity index (χ1v) is 4.72. The summed E-state index contributed by atoms with van der Waals surface area (Å²) >= 11 is 0. The summed E-state index contributed by atoms with van der Waals surface area (Å²) in [6.45, 7) is 5.55. The van der Waals surface area contributed by atoms with Crippen LogP contribution in [0.1, 0.15) is 31.5 Å². The zero-order chi connectivity index (χ0) is 10.6. The molecule has 0 amide bonds. The minimum atomic E-state index is -0.892. The van der Waals surface area contributed by atoms with E-state index in [9.17, 15) is 5.11 Å². The maximum atomic E-state index is 9.66. The van der Waals surface area contributed by atoms with Crippen molar-refractivity contribution in [2.75, 3.05) is 0 Å². The Balaban J connectivity index is 2.88. The molecule has 1 N–H and O–H groups in total. The molecule has 0 aliphatic heterocycles. The highest BCUT2D eigenvalue weighted by atomic mass is 16.3. The Morgan fingerprint density at radius 1 is 1.57 bits per heavy atom. The van der Waals surface area contributed by atoms with Crippen molar-refractivity contribution in [3.63, 3.8) is 0 Å². The molecule has 1 atom stereocenters. The largest absolute Gasteiger partial charge is 0.378 e. The molecule has 1 heterocycles. The van der Waals surface area contributed by atoms with E-state index in [1.165, 1.54) is 0 Å². The van der Waals surface area contributed by atoms with E-state index in [1.54, 1.807) is 13.1 Å². The van der Waals surface area contributed by atoms with Gasteiger partial charge < -0.3 is 5.11 Å². The van der Waals surface area contributed by atoms with Crippen molar-refractivity contribution in [3.8, 4) is 11.8 Å². The molecule has 0 bridgehead atoms. The van der Waals surface area contributed by atoms with Gasteiger partial charge >= 0.3 is 0 Å². The Labute approximate surface area is 85.0 Å². The SMILES string of the molecule is CCC(C)(O)C#Cc1ccnc(C)c1. The second kappa shape index (κ2) is 4.26. The number of hydrogen-bond acceptors (Lipinski definition) is 2. The fourth-order valence-corrected chi connectivity index (χ4v) is 0.919. The van der Waals surface area contributed by atoms with E-state index < -0.39 is 5.60 Å². The van der Waals surface area contributed by atoms with Gasteiger partial charge in [-0.15, -0.1) is 0 Å². The van der Waals surface area contributed by atoms with Crippen LogP contribution in [0.25, 0.3) is 0 Å². The normalized spacial score (nSPS) is 14.0. The van der Waals surface area contributed by atoms with Gasteiger partial charge in [0, 0.05) is 17.5 Å². The van der Waals surface area contributed by atoms with Crippen molar-refractivity contribution in [3.05, 3.63) is 29.6 Å². The standard InChI is InChI=1S/C12H15NO/c1-4-12(3,14)7-5-11-6-8-13-10(2)9-11/h6,8-9,14H,4H2,1-3H3. The van der Waals surface area contributed by atoms with Crippen LogP contribution in [0.3, 0.4) is 0 Å². The van der Waals surface area contributed by atoms with Crippen LogP contribution in [0.15, 0.2) is 18.3 Å². The van der Waals surface area contributed by atoms with Crippen LogP contribution >= 0.6 is 0 Å². The van der Waals surface area contributed by atoms with Crippen molar-refractivity contribution in [1.29, 1.82) is 0 Å². The third-order valence-electron chi connectivity index (χ3n) is 2.06. The third-order valence-corrected chi connectivity index (χ3v) is 2.06. The smallest absolute Gasteiger partial charge is 0.122 e. The minimum absolute atomic E-state index is 0.629. The number of nitrogens with zero attached hydrogens (tertiary/aromatic N) is 1. The number of aliphatic hydroxyl groups is 1. The fraction of sp³-hybridized carbons (Fsp3) is 0.417. The lowest BCUT2D eigenvalue weighted by Crippen LogP contribution is -2.19. The van der Waals surface area contributed by atoms with Gasteiger partial charge in [-0.05, 0) is 32.4 Å². The lowest BCUT2D eigenvalue weighted by Gasteiger charge is -2.11. The summed E-state index contributed by atoms with van der Waals surface area (Å²) in [5.41, 5.74) is 0.941. The molecule has 74 valence electrons. The van der Waals surface area contributed by atoms with Gasteiger partial charge in [-0.2, -0.15) is 0 Å². The van der Waals surface area contributed by atoms with E-state index >= 15 is 0 Å². The summed E-state index contributed by atoms with van der Waals surface area (Å²) in [4.78, 5) is 4.07. The fourth-order valence-electron chi connectivity index (χ4n) is 0.919. The van der Waals surface area contributed by atoms with Gasteiger partial charge in [0.1, 0.15) is 5.60 Å². The zero-order valence-electron chi connectivity index (χ0n) is 8.83. The van der Waals surface area contributed by atoms with Crippen molar-refractivity contribution in [1.82, 2.24) is 4.98 Å². The summed E-state index contributed by atoms with van der Waals surface area (Å²) in [6.07, 6.45) is 2.35. The lowest BCUT2D eigenvalue weighted by atomic mass is 10.0. The van der Waals surface area contributed by atoms with E-state index in [0.717, 1.165) is 11.3 Å². The average Bonchev–Trinajstić information content (AvgIpc) is 2.15. The maximum Gasteiger partial charge on any atom is 0.122 e. The second-order valence-corrected chi connectivity index (χ2v) is 3.56. The Bertz CT molecular complexity index is 371. The van der Waals surface area contributed by atoms with E-state index in [0.29, 0.717) is 6.42 Å². The molecule has 1 unspecified atom stereocenters. The summed E-state index contributed by atoms with van der Waals surface area (Å²) in [5.74, 6) is 5.77. The number of aryl methyl sites for hydroxylation is 1. The molecule has 0 aliphatic carbocycles. The van der Waals surface area contributed by atoms with Crippen LogP contribution in [-0.2, 0) is 0 Å². The van der Waals surface area contributed by atoms with Gasteiger partial charge in [-0.3, -0.25) is 4.98 Å². The summed E-state index contributed by atoms with van der Waals surface area (Å²) in [7, 11) is 0. The molecule has 0 fully saturated rings. The molecule has 0 aliphatic rings. The van der Waals surface area contributed by atoms with Crippen LogP contribution < -0.4 is 0 Å². The molecule has 0 aromatic carbocycles. The van der Waals surface area contributed by atoms with E-state index in [1.807, 2.05) is 26.0 Å². The number of rotatable bonds is 1. The first-order chi connectivity index (χ1) is 6.53. The van der Waals surface area contributed by atoms with Gasteiger partial charge in [0.05, 0.1) is 0 Å². The molecule has 2 heteroatoms. The molecule has 0 saturated carbocycles. The van der Waals surface area contributed by atoms with Crippen LogP contribution in [0.4, 0.5) is 0 Å². The van der Waals surface area contributed by atoms with Crippen LogP contribution in [0.2, 0.25) is 0 Å². The Kier molecular flexibility index (Phi) is 3.27. The second-order valence-electron chi connectivity index (χ2n) is 3.56. The quantitative estimate of drug-likeness (QED) is 0.684. The summed E-state index contributed by atoms with van der Waals surface area (Å²) in [6, 6.07) is 3.74. The van der Waals surface area contributed by atoms with Crippen molar-refractivity contribution < 1.29 is 5.11 Å². The van der Waals surface area contributed by atoms with Crippen LogP contribution in [0, 0.1) is 18.8 Å². The number of hydrogen-bond donors (Lipinski definition) is 1. The predicted octanol–water partition coefficient (Wildman–Crippen LogP) is 1.90. The highest BCUT2D eigenvalue weighted by Crippen LogP contribution is 2.06. The van der Waals surface area contributed by atoms with Gasteiger partial charge in [-0.25, -0.2) is 0 Å². The monoisotopic (exact) mass is 189 g/mol.